The van der Waals surface area contributed by atoms with E-state index in [-0.39, 0.29) is 29.5 Å². The zero-order valence-corrected chi connectivity index (χ0v) is 22.0. The maximum atomic E-state index is 5.58. The van der Waals surface area contributed by atoms with E-state index in [1.807, 2.05) is 16.9 Å². The number of nitrogens with zero attached hydrogens (tertiary/aromatic N) is 4. The molecule has 0 spiro atoms. The third-order valence-corrected chi connectivity index (χ3v) is 7.29. The van der Waals surface area contributed by atoms with E-state index in [2.05, 4.69) is 63.6 Å². The first kappa shape index (κ1) is 25.3. The number of nitrogens with one attached hydrogen (secondary N) is 2. The highest BCUT2D eigenvalue weighted by atomic mass is 127. The van der Waals surface area contributed by atoms with E-state index in [1.165, 1.54) is 23.5 Å². The fourth-order valence-electron chi connectivity index (χ4n) is 4.24. The second-order valence-corrected chi connectivity index (χ2v) is 9.22. The molecule has 2 N–H and O–H groups in total. The molecule has 0 bridgehead atoms. The Balaban J connectivity index is 0.00000289. The van der Waals surface area contributed by atoms with Crippen molar-refractivity contribution in [1.82, 2.24) is 25.3 Å². The third kappa shape index (κ3) is 6.61. The molecule has 0 amide bonds. The van der Waals surface area contributed by atoms with Crippen molar-refractivity contribution in [3.63, 3.8) is 0 Å². The Morgan fingerprint density at radius 2 is 2.03 bits per heavy atom. The Morgan fingerprint density at radius 1 is 1.22 bits per heavy atom. The quantitative estimate of drug-likeness (QED) is 0.289. The summed E-state index contributed by atoms with van der Waals surface area (Å²) in [4.78, 5) is 7.62. The molecule has 0 radical (unpaired) electrons. The average Bonchev–Trinajstić information content (AvgIpc) is 3.52. The molecule has 4 rings (SSSR count). The van der Waals surface area contributed by atoms with Gasteiger partial charge in [-0.05, 0) is 49.3 Å². The Kier molecular flexibility index (Phi) is 10.1. The van der Waals surface area contributed by atoms with Gasteiger partial charge in [0.15, 0.2) is 5.96 Å². The van der Waals surface area contributed by atoms with Crippen molar-refractivity contribution in [2.24, 2.45) is 4.99 Å². The molecule has 2 saturated heterocycles. The van der Waals surface area contributed by atoms with Gasteiger partial charge in [0.2, 0.25) is 0 Å². The number of hydrogen-bond acceptors (Lipinski definition) is 5. The molecule has 2 aliphatic rings. The van der Waals surface area contributed by atoms with Crippen LogP contribution in [0.25, 0.3) is 5.69 Å². The molecular formula is C23H35IN6OS. The largest absolute Gasteiger partial charge is 0.379 e. The van der Waals surface area contributed by atoms with Gasteiger partial charge >= 0.3 is 0 Å². The van der Waals surface area contributed by atoms with Crippen molar-refractivity contribution in [2.45, 2.75) is 25.3 Å². The Morgan fingerprint density at radius 3 is 2.69 bits per heavy atom. The van der Waals surface area contributed by atoms with Crippen LogP contribution in [0.4, 0.5) is 0 Å². The fourth-order valence-corrected chi connectivity index (χ4v) is 5.71. The smallest absolute Gasteiger partial charge is 0.191 e. The van der Waals surface area contributed by atoms with E-state index in [1.54, 1.807) is 6.20 Å². The number of benzene rings is 1. The lowest BCUT2D eigenvalue weighted by Gasteiger charge is -2.42. The highest BCUT2D eigenvalue weighted by Gasteiger charge is 2.40. The van der Waals surface area contributed by atoms with Crippen molar-refractivity contribution in [1.29, 1.82) is 0 Å². The summed E-state index contributed by atoms with van der Waals surface area (Å²) < 4.78 is 7.46. The molecule has 9 heteroatoms. The van der Waals surface area contributed by atoms with Crippen molar-refractivity contribution >= 4 is 41.7 Å². The molecule has 2 fully saturated rings. The Bertz CT molecular complexity index is 818. The summed E-state index contributed by atoms with van der Waals surface area (Å²) in [6, 6.07) is 10.5. The number of halogens is 1. The van der Waals surface area contributed by atoms with Crippen LogP contribution in [0, 0.1) is 0 Å². The van der Waals surface area contributed by atoms with Crippen LogP contribution in [0.15, 0.2) is 47.7 Å². The second kappa shape index (κ2) is 12.8. The van der Waals surface area contributed by atoms with Gasteiger partial charge in [0.1, 0.15) is 0 Å². The summed E-state index contributed by atoms with van der Waals surface area (Å²) in [7, 11) is 0. The van der Waals surface area contributed by atoms with Crippen molar-refractivity contribution in [3.8, 4) is 5.69 Å². The van der Waals surface area contributed by atoms with E-state index in [9.17, 15) is 0 Å². The van der Waals surface area contributed by atoms with Crippen LogP contribution in [0.3, 0.4) is 0 Å². The van der Waals surface area contributed by atoms with E-state index >= 15 is 0 Å². The number of morpholine rings is 1. The van der Waals surface area contributed by atoms with Gasteiger partial charge in [-0.2, -0.15) is 16.9 Å². The number of thioether (sulfide) groups is 1. The number of ether oxygens (including phenoxy) is 1. The Labute approximate surface area is 212 Å². The van der Waals surface area contributed by atoms with Crippen LogP contribution >= 0.6 is 35.7 Å². The van der Waals surface area contributed by atoms with Gasteiger partial charge in [0.05, 0.1) is 31.0 Å². The van der Waals surface area contributed by atoms with Crippen LogP contribution in [0.1, 0.15) is 18.9 Å². The highest BCUT2D eigenvalue weighted by molar-refractivity contribution is 14.0. The first-order chi connectivity index (χ1) is 15.3. The SMILES string of the molecule is CCNC(=NCC1(N2CCOCC2)CCSC1)NCCc1ccc(-n2cccn2)cc1.I. The number of rotatable bonds is 8. The molecular weight excluding hydrogens is 535 g/mol. The summed E-state index contributed by atoms with van der Waals surface area (Å²) in [5, 5.41) is 11.2. The molecule has 3 heterocycles. The second-order valence-electron chi connectivity index (χ2n) is 8.12. The zero-order chi connectivity index (χ0) is 21.4. The maximum Gasteiger partial charge on any atom is 0.191 e. The van der Waals surface area contributed by atoms with E-state index in [0.29, 0.717) is 0 Å². The summed E-state index contributed by atoms with van der Waals surface area (Å²) in [5.41, 5.74) is 2.56. The lowest BCUT2D eigenvalue weighted by atomic mass is 9.96. The van der Waals surface area contributed by atoms with Crippen LogP contribution in [-0.4, -0.2) is 83.6 Å². The predicted molar refractivity (Wildman–Crippen MR) is 144 cm³/mol. The summed E-state index contributed by atoms with van der Waals surface area (Å²) in [5.74, 6) is 3.31. The summed E-state index contributed by atoms with van der Waals surface area (Å²) in [6.07, 6.45) is 5.92. The standard InChI is InChI=1S/C23H34N6OS.HI/c1-2-24-22(26-18-23(9-17-31-19-23)28-13-15-30-16-14-28)25-11-8-20-4-6-21(7-5-20)29-12-3-10-27-29;/h3-7,10,12H,2,8-9,11,13-19H2,1H3,(H2,24,25,26);1H. The van der Waals surface area contributed by atoms with Gasteiger partial charge in [-0.1, -0.05) is 12.1 Å². The van der Waals surface area contributed by atoms with Crippen LogP contribution < -0.4 is 10.6 Å². The molecule has 32 heavy (non-hydrogen) atoms. The number of aliphatic imine (C=N–C) groups is 1. The molecule has 1 atom stereocenters. The van der Waals surface area contributed by atoms with Crippen molar-refractivity contribution in [3.05, 3.63) is 48.3 Å². The van der Waals surface area contributed by atoms with Gasteiger partial charge in [-0.25, -0.2) is 4.68 Å². The molecule has 0 saturated carbocycles. The van der Waals surface area contributed by atoms with Gasteiger partial charge in [0, 0.05) is 44.3 Å². The molecule has 176 valence electrons. The lowest BCUT2D eigenvalue weighted by molar-refractivity contribution is -0.0104. The van der Waals surface area contributed by atoms with Gasteiger partial charge in [-0.3, -0.25) is 9.89 Å². The summed E-state index contributed by atoms with van der Waals surface area (Å²) >= 11 is 2.06. The lowest BCUT2D eigenvalue weighted by Crippen LogP contribution is -2.56. The molecule has 2 aromatic rings. The van der Waals surface area contributed by atoms with Crippen LogP contribution in [-0.2, 0) is 11.2 Å². The third-order valence-electron chi connectivity index (χ3n) is 6.05. The van der Waals surface area contributed by atoms with Gasteiger partial charge < -0.3 is 15.4 Å². The number of hydrogen-bond donors (Lipinski definition) is 2. The minimum atomic E-state index is 0. The molecule has 0 aliphatic carbocycles. The van der Waals surface area contributed by atoms with Crippen molar-refractivity contribution in [2.75, 3.05) is 57.4 Å². The first-order valence-corrected chi connectivity index (χ1v) is 12.5. The molecule has 2 aliphatic heterocycles. The predicted octanol–water partition coefficient (Wildman–Crippen LogP) is 2.80. The normalized spacial score (nSPS) is 21.8. The van der Waals surface area contributed by atoms with E-state index in [4.69, 9.17) is 9.73 Å². The maximum absolute atomic E-state index is 5.58. The topological polar surface area (TPSA) is 66.7 Å². The van der Waals surface area contributed by atoms with Gasteiger partial charge in [-0.15, -0.1) is 24.0 Å². The number of guanidine groups is 1. The fraction of sp³-hybridized carbons (Fsp3) is 0.565. The van der Waals surface area contributed by atoms with Crippen molar-refractivity contribution < 1.29 is 4.74 Å². The highest BCUT2D eigenvalue weighted by Crippen LogP contribution is 2.34. The molecule has 7 nitrogen and oxygen atoms in total. The molecule has 1 unspecified atom stereocenters. The Hall–Kier alpha value is -1.30. The number of aromatic nitrogens is 2. The average molecular weight is 571 g/mol. The van der Waals surface area contributed by atoms with Gasteiger partial charge in [0.25, 0.3) is 0 Å². The minimum Gasteiger partial charge on any atom is -0.379 e. The minimum absolute atomic E-state index is 0. The summed E-state index contributed by atoms with van der Waals surface area (Å²) in [6.45, 7) is 8.41. The molecule has 1 aromatic carbocycles. The van der Waals surface area contributed by atoms with Crippen LogP contribution in [0.5, 0.6) is 0 Å². The first-order valence-electron chi connectivity index (χ1n) is 11.3. The zero-order valence-electron chi connectivity index (χ0n) is 18.8. The van der Waals surface area contributed by atoms with E-state index < -0.39 is 0 Å². The molecule has 1 aromatic heterocycles. The van der Waals surface area contributed by atoms with Crippen LogP contribution in [0.2, 0.25) is 0 Å². The van der Waals surface area contributed by atoms with E-state index in [0.717, 1.165) is 64.0 Å². The monoisotopic (exact) mass is 570 g/mol.